The van der Waals surface area contributed by atoms with Crippen molar-refractivity contribution in [3.63, 3.8) is 0 Å². The van der Waals surface area contributed by atoms with Gasteiger partial charge in [0.05, 0.1) is 5.69 Å². The average molecular weight is 227 g/mol. The number of aryl methyl sites for hydroxylation is 1. The Morgan fingerprint density at radius 2 is 2.29 bits per heavy atom. The molecule has 2 aromatic rings. The van der Waals surface area contributed by atoms with Gasteiger partial charge < -0.3 is 8.98 Å². The molecule has 1 aliphatic heterocycles. The number of fused-ring (bicyclic) bond motifs is 1. The molecular weight excluding hydrogens is 214 g/mol. The van der Waals surface area contributed by atoms with E-state index in [2.05, 4.69) is 15.6 Å². The number of hydrogen-bond acceptors (Lipinski definition) is 3. The normalized spacial score (nSPS) is 14.4. The van der Waals surface area contributed by atoms with Gasteiger partial charge in [-0.1, -0.05) is 0 Å². The van der Waals surface area contributed by atoms with Crippen LogP contribution in [0.25, 0.3) is 11.6 Å². The number of rotatable bonds is 1. The van der Waals surface area contributed by atoms with Gasteiger partial charge in [-0.25, -0.2) is 4.98 Å². The molecule has 0 amide bonds. The highest BCUT2D eigenvalue weighted by atomic mass is 16.3. The molecule has 4 nitrogen and oxygen atoms in total. The smallest absolute Gasteiger partial charge is 0.177 e. The SMILES string of the molecule is Cc1ccc(-c2nc(C#N)c3n2CCCC3)o1. The van der Waals surface area contributed by atoms with Crippen molar-refractivity contribution in [2.45, 2.75) is 32.7 Å². The first kappa shape index (κ1) is 10.2. The van der Waals surface area contributed by atoms with E-state index in [4.69, 9.17) is 9.68 Å². The van der Waals surface area contributed by atoms with Crippen LogP contribution in [0, 0.1) is 18.3 Å². The summed E-state index contributed by atoms with van der Waals surface area (Å²) < 4.78 is 7.73. The van der Waals surface area contributed by atoms with Gasteiger partial charge in [0.25, 0.3) is 0 Å². The fourth-order valence-electron chi connectivity index (χ4n) is 2.38. The molecule has 2 aromatic heterocycles. The summed E-state index contributed by atoms with van der Waals surface area (Å²) in [5.41, 5.74) is 1.61. The summed E-state index contributed by atoms with van der Waals surface area (Å²) in [5.74, 6) is 2.42. The van der Waals surface area contributed by atoms with Crippen molar-refractivity contribution in [3.05, 3.63) is 29.3 Å². The van der Waals surface area contributed by atoms with Crippen molar-refractivity contribution in [2.75, 3.05) is 0 Å². The molecule has 0 atom stereocenters. The summed E-state index contributed by atoms with van der Waals surface area (Å²) in [7, 11) is 0. The average Bonchev–Trinajstić information content (AvgIpc) is 2.92. The molecule has 0 saturated carbocycles. The van der Waals surface area contributed by atoms with Crippen LogP contribution in [0.1, 0.15) is 30.0 Å². The molecule has 0 aromatic carbocycles. The zero-order valence-corrected chi connectivity index (χ0v) is 9.73. The fourth-order valence-corrected chi connectivity index (χ4v) is 2.38. The van der Waals surface area contributed by atoms with Crippen molar-refractivity contribution in [2.24, 2.45) is 0 Å². The van der Waals surface area contributed by atoms with E-state index in [-0.39, 0.29) is 0 Å². The van der Waals surface area contributed by atoms with Gasteiger partial charge in [-0.15, -0.1) is 0 Å². The van der Waals surface area contributed by atoms with E-state index in [9.17, 15) is 0 Å². The third kappa shape index (κ3) is 1.55. The Hall–Kier alpha value is -2.02. The molecule has 4 heteroatoms. The molecule has 0 radical (unpaired) electrons. The van der Waals surface area contributed by atoms with Crippen molar-refractivity contribution in [1.29, 1.82) is 5.26 Å². The third-order valence-corrected chi connectivity index (χ3v) is 3.18. The fraction of sp³-hybridized carbons (Fsp3) is 0.385. The third-order valence-electron chi connectivity index (χ3n) is 3.18. The highest BCUT2D eigenvalue weighted by molar-refractivity contribution is 5.52. The summed E-state index contributed by atoms with van der Waals surface area (Å²) in [6.45, 7) is 2.84. The molecule has 0 fully saturated rings. The highest BCUT2D eigenvalue weighted by Gasteiger charge is 2.22. The standard InChI is InChI=1S/C13H13N3O/c1-9-5-6-12(17-9)13-15-10(8-14)11-4-2-3-7-16(11)13/h5-6H,2-4,7H2,1H3. The maximum absolute atomic E-state index is 9.10. The first-order valence-electron chi connectivity index (χ1n) is 5.86. The van der Waals surface area contributed by atoms with Crippen molar-refractivity contribution >= 4 is 0 Å². The maximum atomic E-state index is 9.10. The van der Waals surface area contributed by atoms with Crippen LogP contribution in [0.3, 0.4) is 0 Å². The van der Waals surface area contributed by atoms with Crippen LogP contribution in [0.15, 0.2) is 16.5 Å². The van der Waals surface area contributed by atoms with Gasteiger partial charge in [0.1, 0.15) is 11.8 Å². The van der Waals surface area contributed by atoms with E-state index in [1.807, 2.05) is 19.1 Å². The van der Waals surface area contributed by atoms with Crippen LogP contribution < -0.4 is 0 Å². The Balaban J connectivity index is 2.17. The highest BCUT2D eigenvalue weighted by Crippen LogP contribution is 2.28. The maximum Gasteiger partial charge on any atom is 0.177 e. The largest absolute Gasteiger partial charge is 0.458 e. The van der Waals surface area contributed by atoms with Crippen molar-refractivity contribution < 1.29 is 4.42 Å². The Bertz CT molecular complexity index is 601. The van der Waals surface area contributed by atoms with Gasteiger partial charge in [0.2, 0.25) is 0 Å². The lowest BCUT2D eigenvalue weighted by Crippen LogP contribution is -2.11. The topological polar surface area (TPSA) is 54.8 Å². The second kappa shape index (κ2) is 3.77. The molecule has 0 saturated heterocycles. The van der Waals surface area contributed by atoms with Crippen molar-refractivity contribution in [3.8, 4) is 17.7 Å². The molecule has 0 N–H and O–H groups in total. The number of furan rings is 1. The first-order valence-corrected chi connectivity index (χ1v) is 5.86. The van der Waals surface area contributed by atoms with E-state index < -0.39 is 0 Å². The Morgan fingerprint density at radius 1 is 1.41 bits per heavy atom. The summed E-state index contributed by atoms with van der Waals surface area (Å²) in [5, 5.41) is 9.10. The summed E-state index contributed by atoms with van der Waals surface area (Å²) in [6, 6.07) is 6.02. The van der Waals surface area contributed by atoms with Crippen LogP contribution in [0.5, 0.6) is 0 Å². The molecule has 0 spiro atoms. The van der Waals surface area contributed by atoms with E-state index >= 15 is 0 Å². The van der Waals surface area contributed by atoms with Crippen LogP contribution >= 0.6 is 0 Å². The Kier molecular flexibility index (Phi) is 2.25. The summed E-state index contributed by atoms with van der Waals surface area (Å²) in [4.78, 5) is 4.40. The van der Waals surface area contributed by atoms with Crippen LogP contribution in [0.2, 0.25) is 0 Å². The van der Waals surface area contributed by atoms with Gasteiger partial charge in [0, 0.05) is 6.54 Å². The van der Waals surface area contributed by atoms with E-state index in [1.54, 1.807) is 0 Å². The van der Waals surface area contributed by atoms with Gasteiger partial charge >= 0.3 is 0 Å². The molecule has 17 heavy (non-hydrogen) atoms. The van der Waals surface area contributed by atoms with Crippen LogP contribution in [0.4, 0.5) is 0 Å². The number of hydrogen-bond donors (Lipinski definition) is 0. The second-order valence-corrected chi connectivity index (χ2v) is 4.36. The van der Waals surface area contributed by atoms with Gasteiger partial charge in [-0.2, -0.15) is 5.26 Å². The molecule has 86 valence electrons. The lowest BCUT2D eigenvalue weighted by molar-refractivity contribution is 0.510. The minimum atomic E-state index is 0.550. The minimum absolute atomic E-state index is 0.550. The van der Waals surface area contributed by atoms with Gasteiger partial charge in [-0.3, -0.25) is 0 Å². The predicted octanol–water partition coefficient (Wildman–Crippen LogP) is 2.66. The molecule has 3 heterocycles. The lowest BCUT2D eigenvalue weighted by Gasteiger charge is -2.15. The summed E-state index contributed by atoms with van der Waals surface area (Å²) in [6.07, 6.45) is 3.22. The molecule has 1 aliphatic rings. The zero-order valence-electron chi connectivity index (χ0n) is 9.73. The van der Waals surface area contributed by atoms with Crippen molar-refractivity contribution in [1.82, 2.24) is 9.55 Å². The van der Waals surface area contributed by atoms with E-state index in [1.165, 1.54) is 0 Å². The van der Waals surface area contributed by atoms with Crippen LogP contribution in [-0.4, -0.2) is 9.55 Å². The second-order valence-electron chi connectivity index (χ2n) is 4.36. The quantitative estimate of drug-likeness (QED) is 0.752. The van der Waals surface area contributed by atoms with Gasteiger partial charge in [-0.05, 0) is 38.3 Å². The summed E-state index contributed by atoms with van der Waals surface area (Å²) >= 11 is 0. The molecular formula is C13H13N3O. The molecule has 0 aliphatic carbocycles. The number of aromatic nitrogens is 2. The Labute approximate surface area is 99.5 Å². The number of nitriles is 1. The lowest BCUT2D eigenvalue weighted by atomic mass is 10.1. The predicted molar refractivity (Wildman–Crippen MR) is 62.3 cm³/mol. The van der Waals surface area contributed by atoms with E-state index in [0.717, 1.165) is 48.8 Å². The molecule has 0 unspecified atom stereocenters. The minimum Gasteiger partial charge on any atom is -0.458 e. The zero-order chi connectivity index (χ0) is 11.8. The number of imidazole rings is 1. The molecule has 3 rings (SSSR count). The Morgan fingerprint density at radius 3 is 3.00 bits per heavy atom. The van der Waals surface area contributed by atoms with Crippen LogP contribution in [-0.2, 0) is 13.0 Å². The monoisotopic (exact) mass is 227 g/mol. The van der Waals surface area contributed by atoms with Gasteiger partial charge in [0.15, 0.2) is 17.3 Å². The van der Waals surface area contributed by atoms with E-state index in [0.29, 0.717) is 5.69 Å². The first-order chi connectivity index (χ1) is 8.29. The molecule has 0 bridgehead atoms. The number of nitrogens with zero attached hydrogens (tertiary/aromatic N) is 3.